The van der Waals surface area contributed by atoms with Gasteiger partial charge in [-0.05, 0) is 30.5 Å². The molecule has 1 fully saturated rings. The predicted molar refractivity (Wildman–Crippen MR) is 79.9 cm³/mol. The number of carbonyl (C=O) groups excluding carboxylic acids is 1. The van der Waals surface area contributed by atoms with Crippen LogP contribution in [0.1, 0.15) is 18.9 Å². The molecule has 1 aliphatic heterocycles. The van der Waals surface area contributed by atoms with Crippen LogP contribution in [0.25, 0.3) is 0 Å². The number of aliphatic carboxylic acids is 1. The van der Waals surface area contributed by atoms with Crippen LogP contribution in [0.2, 0.25) is 0 Å². The average Bonchev–Trinajstić information content (AvgIpc) is 2.46. The number of hydrogen-bond acceptors (Lipinski definition) is 2. The largest absolute Gasteiger partial charge is 0.481 e. The molecule has 2 amide bonds. The fourth-order valence-corrected chi connectivity index (χ4v) is 2.59. The summed E-state index contributed by atoms with van der Waals surface area (Å²) in [6.45, 7) is 2.75. The molecule has 0 bridgehead atoms. The molecule has 2 unspecified atom stereocenters. The number of rotatable bonds is 2. The molecule has 1 saturated heterocycles. The van der Waals surface area contributed by atoms with Gasteiger partial charge in [0.25, 0.3) is 0 Å². The third kappa shape index (κ3) is 3.76. The van der Waals surface area contributed by atoms with Crippen molar-refractivity contribution in [3.63, 3.8) is 0 Å². The maximum Gasteiger partial charge on any atom is 0.321 e. The van der Waals surface area contributed by atoms with Gasteiger partial charge in [-0.25, -0.2) is 4.79 Å². The van der Waals surface area contributed by atoms with Crippen molar-refractivity contribution in [3.8, 4) is 12.3 Å². The monoisotopic (exact) mass is 286 g/mol. The van der Waals surface area contributed by atoms with Crippen LogP contribution in [0.15, 0.2) is 24.3 Å². The van der Waals surface area contributed by atoms with Gasteiger partial charge in [0, 0.05) is 24.3 Å². The molecule has 5 nitrogen and oxygen atoms in total. The van der Waals surface area contributed by atoms with Crippen LogP contribution in [-0.4, -0.2) is 35.1 Å². The second kappa shape index (κ2) is 6.31. The second-order valence-corrected chi connectivity index (χ2v) is 5.44. The van der Waals surface area contributed by atoms with Crippen molar-refractivity contribution in [2.75, 3.05) is 18.4 Å². The van der Waals surface area contributed by atoms with Gasteiger partial charge >= 0.3 is 12.0 Å². The van der Waals surface area contributed by atoms with E-state index in [1.165, 1.54) is 0 Å². The highest BCUT2D eigenvalue weighted by Gasteiger charge is 2.31. The molecule has 1 heterocycles. The first kappa shape index (κ1) is 14.9. The summed E-state index contributed by atoms with van der Waals surface area (Å²) in [4.78, 5) is 24.9. The number of urea groups is 1. The number of likely N-dealkylation sites (tertiary alicyclic amines) is 1. The lowest BCUT2D eigenvalue weighted by Crippen LogP contribution is -2.47. The first-order valence-electron chi connectivity index (χ1n) is 6.85. The lowest BCUT2D eigenvalue weighted by molar-refractivity contribution is -0.143. The van der Waals surface area contributed by atoms with Crippen molar-refractivity contribution in [1.82, 2.24) is 4.90 Å². The van der Waals surface area contributed by atoms with Crippen molar-refractivity contribution >= 4 is 17.7 Å². The van der Waals surface area contributed by atoms with Crippen LogP contribution in [0.5, 0.6) is 0 Å². The normalized spacial score (nSPS) is 21.4. The lowest BCUT2D eigenvalue weighted by atomic mass is 9.91. The summed E-state index contributed by atoms with van der Waals surface area (Å²) in [5.74, 6) is 1.32. The first-order chi connectivity index (χ1) is 9.99. The molecule has 1 aromatic carbocycles. The zero-order valence-corrected chi connectivity index (χ0v) is 11.9. The third-order valence-corrected chi connectivity index (χ3v) is 3.58. The molecule has 0 spiro atoms. The van der Waals surface area contributed by atoms with E-state index in [0.29, 0.717) is 24.2 Å². The molecule has 2 rings (SSSR count). The Morgan fingerprint density at radius 1 is 1.43 bits per heavy atom. The minimum Gasteiger partial charge on any atom is -0.481 e. The Balaban J connectivity index is 2.05. The predicted octanol–water partition coefficient (Wildman–Crippen LogP) is 2.24. The van der Waals surface area contributed by atoms with Crippen molar-refractivity contribution < 1.29 is 14.7 Å². The number of carboxylic acid groups (broad SMARTS) is 1. The fraction of sp³-hybridized carbons (Fsp3) is 0.375. The van der Waals surface area contributed by atoms with Gasteiger partial charge < -0.3 is 15.3 Å². The van der Waals surface area contributed by atoms with Gasteiger partial charge in [-0.15, -0.1) is 6.42 Å². The minimum absolute atomic E-state index is 0.169. The number of benzene rings is 1. The van der Waals surface area contributed by atoms with Crippen LogP contribution < -0.4 is 5.32 Å². The Morgan fingerprint density at radius 2 is 2.19 bits per heavy atom. The zero-order chi connectivity index (χ0) is 15.4. The molecule has 0 saturated carbocycles. The zero-order valence-electron chi connectivity index (χ0n) is 11.9. The molecule has 1 aliphatic rings. The van der Waals surface area contributed by atoms with Crippen LogP contribution in [0.3, 0.4) is 0 Å². The molecule has 0 aromatic heterocycles. The first-order valence-corrected chi connectivity index (χ1v) is 6.85. The number of carboxylic acids is 1. The van der Waals surface area contributed by atoms with Crippen molar-refractivity contribution in [2.45, 2.75) is 13.3 Å². The highest BCUT2D eigenvalue weighted by atomic mass is 16.4. The van der Waals surface area contributed by atoms with E-state index < -0.39 is 11.9 Å². The summed E-state index contributed by atoms with van der Waals surface area (Å²) in [5, 5.41) is 11.9. The third-order valence-electron chi connectivity index (χ3n) is 3.58. The van der Waals surface area contributed by atoms with E-state index >= 15 is 0 Å². The number of nitrogens with zero attached hydrogens (tertiary/aromatic N) is 1. The van der Waals surface area contributed by atoms with Crippen molar-refractivity contribution in [3.05, 3.63) is 29.8 Å². The average molecular weight is 286 g/mol. The number of nitrogens with one attached hydrogen (secondary N) is 1. The molecular formula is C16H18N2O3. The van der Waals surface area contributed by atoms with Gasteiger partial charge in [0.1, 0.15) is 0 Å². The number of amides is 2. The Kier molecular flexibility index (Phi) is 4.49. The van der Waals surface area contributed by atoms with Gasteiger partial charge in [-0.1, -0.05) is 18.9 Å². The summed E-state index contributed by atoms with van der Waals surface area (Å²) in [7, 11) is 0. The summed E-state index contributed by atoms with van der Waals surface area (Å²) in [6.07, 6.45) is 5.93. The highest BCUT2D eigenvalue weighted by molar-refractivity contribution is 5.90. The van der Waals surface area contributed by atoms with Gasteiger partial charge in [-0.2, -0.15) is 0 Å². The van der Waals surface area contributed by atoms with E-state index in [9.17, 15) is 9.59 Å². The van der Waals surface area contributed by atoms with Crippen LogP contribution in [-0.2, 0) is 4.79 Å². The van der Waals surface area contributed by atoms with Gasteiger partial charge in [0.05, 0.1) is 5.92 Å². The fourth-order valence-electron chi connectivity index (χ4n) is 2.59. The molecule has 110 valence electrons. The number of anilines is 1. The SMILES string of the molecule is C#Cc1cccc(NC(=O)N2CC(C)CC(C(=O)O)C2)c1. The van der Waals surface area contributed by atoms with E-state index in [-0.39, 0.29) is 18.5 Å². The van der Waals surface area contributed by atoms with Crippen LogP contribution >= 0.6 is 0 Å². The maximum absolute atomic E-state index is 12.3. The quantitative estimate of drug-likeness (QED) is 0.819. The van der Waals surface area contributed by atoms with Crippen molar-refractivity contribution in [1.29, 1.82) is 0 Å². The molecule has 0 aliphatic carbocycles. The van der Waals surface area contributed by atoms with Crippen molar-refractivity contribution in [2.24, 2.45) is 11.8 Å². The standard InChI is InChI=1S/C16H18N2O3/c1-3-12-5-4-6-14(8-12)17-16(21)18-9-11(2)7-13(10-18)15(19)20/h1,4-6,8,11,13H,7,9-10H2,2H3,(H,17,21)(H,19,20). The van der Waals surface area contributed by atoms with Crippen LogP contribution in [0.4, 0.5) is 10.5 Å². The number of carbonyl (C=O) groups is 2. The molecular weight excluding hydrogens is 268 g/mol. The van der Waals surface area contributed by atoms with E-state index in [4.69, 9.17) is 11.5 Å². The van der Waals surface area contributed by atoms with E-state index in [2.05, 4.69) is 11.2 Å². The van der Waals surface area contributed by atoms with Gasteiger partial charge in [0.15, 0.2) is 0 Å². The van der Waals surface area contributed by atoms with Crippen LogP contribution in [0, 0.1) is 24.2 Å². The topological polar surface area (TPSA) is 69.6 Å². The van der Waals surface area contributed by atoms with E-state index in [0.717, 1.165) is 0 Å². The molecule has 5 heteroatoms. The smallest absolute Gasteiger partial charge is 0.321 e. The summed E-state index contributed by atoms with van der Waals surface area (Å²) in [6, 6.07) is 6.71. The molecule has 2 N–H and O–H groups in total. The van der Waals surface area contributed by atoms with Gasteiger partial charge in [0.2, 0.25) is 0 Å². The highest BCUT2D eigenvalue weighted by Crippen LogP contribution is 2.22. The summed E-state index contributed by atoms with van der Waals surface area (Å²) >= 11 is 0. The molecule has 21 heavy (non-hydrogen) atoms. The lowest BCUT2D eigenvalue weighted by Gasteiger charge is -2.34. The molecule has 0 radical (unpaired) electrons. The van der Waals surface area contributed by atoms with Gasteiger partial charge in [-0.3, -0.25) is 4.79 Å². The maximum atomic E-state index is 12.3. The number of piperidine rings is 1. The van der Waals surface area contributed by atoms with E-state index in [1.54, 1.807) is 29.2 Å². The Hall–Kier alpha value is -2.48. The molecule has 1 aromatic rings. The number of terminal acetylenes is 1. The number of hydrogen-bond donors (Lipinski definition) is 2. The van der Waals surface area contributed by atoms with E-state index in [1.807, 2.05) is 6.92 Å². The molecule has 2 atom stereocenters. The second-order valence-electron chi connectivity index (χ2n) is 5.44. The summed E-state index contributed by atoms with van der Waals surface area (Å²) in [5.41, 5.74) is 1.30. The Bertz CT molecular complexity index is 591. The Labute approximate surface area is 124 Å². The minimum atomic E-state index is -0.853. The summed E-state index contributed by atoms with van der Waals surface area (Å²) < 4.78 is 0. The Morgan fingerprint density at radius 3 is 2.86 bits per heavy atom.